The molecule has 6 heteroatoms. The van der Waals surface area contributed by atoms with Crippen LogP contribution in [0.25, 0.3) is 10.9 Å². The SMILES string of the molecule is COc1ccc2nccc([C@@H](F)CC[C@@H]3CCN(CCSC(C)(C)C)C[C@@H]3CO)c2c1. The first-order valence-electron chi connectivity index (χ1n) is 11.3. The second-order valence-corrected chi connectivity index (χ2v) is 11.5. The van der Waals surface area contributed by atoms with E-state index in [2.05, 4.69) is 30.7 Å². The number of piperidine rings is 1. The molecule has 0 aliphatic carbocycles. The van der Waals surface area contributed by atoms with Crippen LogP contribution in [0.1, 0.15) is 51.8 Å². The minimum atomic E-state index is -1.04. The van der Waals surface area contributed by atoms with Gasteiger partial charge in [-0.2, -0.15) is 11.8 Å². The van der Waals surface area contributed by atoms with Crippen LogP contribution in [0.3, 0.4) is 0 Å². The Bertz CT molecular complexity index is 842. The summed E-state index contributed by atoms with van der Waals surface area (Å²) < 4.78 is 20.9. The van der Waals surface area contributed by atoms with Gasteiger partial charge >= 0.3 is 0 Å². The van der Waals surface area contributed by atoms with Crippen molar-refractivity contribution in [3.05, 3.63) is 36.0 Å². The Hall–Kier alpha value is -1.37. The maximum atomic E-state index is 15.3. The van der Waals surface area contributed by atoms with Gasteiger partial charge in [0, 0.05) is 41.8 Å². The van der Waals surface area contributed by atoms with E-state index < -0.39 is 6.17 Å². The largest absolute Gasteiger partial charge is 0.497 e. The molecule has 3 atom stereocenters. The summed E-state index contributed by atoms with van der Waals surface area (Å²) in [5.74, 6) is 2.43. The van der Waals surface area contributed by atoms with Crippen LogP contribution in [0.2, 0.25) is 0 Å². The minimum Gasteiger partial charge on any atom is -0.497 e. The number of methoxy groups -OCH3 is 1. The number of nitrogens with zero attached hydrogens (tertiary/aromatic N) is 2. The molecule has 1 aliphatic heterocycles. The zero-order chi connectivity index (χ0) is 22.4. The average Bonchev–Trinajstić information content (AvgIpc) is 2.76. The Morgan fingerprint density at radius 2 is 2.10 bits per heavy atom. The van der Waals surface area contributed by atoms with Crippen LogP contribution in [-0.2, 0) is 0 Å². The number of benzene rings is 1. The van der Waals surface area contributed by atoms with E-state index in [9.17, 15) is 5.11 Å². The lowest BCUT2D eigenvalue weighted by atomic mass is 9.81. The lowest BCUT2D eigenvalue weighted by molar-refractivity contribution is 0.0672. The first kappa shape index (κ1) is 24.3. The molecule has 4 nitrogen and oxygen atoms in total. The highest BCUT2D eigenvalue weighted by Gasteiger charge is 2.29. The molecule has 0 amide bonds. The zero-order valence-corrected chi connectivity index (χ0v) is 20.1. The molecule has 2 aromatic rings. The van der Waals surface area contributed by atoms with E-state index in [1.54, 1.807) is 19.4 Å². The smallest absolute Gasteiger partial charge is 0.126 e. The van der Waals surface area contributed by atoms with Gasteiger partial charge in [0.25, 0.3) is 0 Å². The second-order valence-electron chi connectivity index (χ2n) is 9.58. The average molecular weight is 449 g/mol. The molecule has 1 fully saturated rings. The third-order valence-electron chi connectivity index (χ3n) is 6.26. The fraction of sp³-hybridized carbons (Fsp3) is 0.640. The van der Waals surface area contributed by atoms with E-state index in [1.807, 2.05) is 30.0 Å². The van der Waals surface area contributed by atoms with Crippen LogP contribution in [0.4, 0.5) is 4.39 Å². The van der Waals surface area contributed by atoms with Gasteiger partial charge in [0.2, 0.25) is 0 Å². The Labute approximate surface area is 190 Å². The van der Waals surface area contributed by atoms with E-state index in [4.69, 9.17) is 4.74 Å². The van der Waals surface area contributed by atoms with Crippen molar-refractivity contribution in [2.45, 2.75) is 51.0 Å². The fourth-order valence-corrected chi connectivity index (χ4v) is 5.45. The van der Waals surface area contributed by atoms with E-state index in [1.165, 1.54) is 0 Å². The molecule has 1 saturated heterocycles. The number of halogens is 1. The van der Waals surface area contributed by atoms with Gasteiger partial charge < -0.3 is 14.7 Å². The number of aliphatic hydroxyl groups excluding tert-OH is 1. The summed E-state index contributed by atoms with van der Waals surface area (Å²) in [7, 11) is 1.62. The van der Waals surface area contributed by atoms with Gasteiger partial charge in [-0.1, -0.05) is 20.8 Å². The molecule has 1 N–H and O–H groups in total. The summed E-state index contributed by atoms with van der Waals surface area (Å²) in [5.41, 5.74) is 1.47. The van der Waals surface area contributed by atoms with E-state index >= 15 is 4.39 Å². The molecule has 1 aromatic heterocycles. The molecule has 31 heavy (non-hydrogen) atoms. The third kappa shape index (κ3) is 6.80. The number of hydrogen-bond donors (Lipinski definition) is 1. The van der Waals surface area contributed by atoms with Crippen LogP contribution < -0.4 is 4.74 Å². The van der Waals surface area contributed by atoms with E-state index in [0.29, 0.717) is 23.7 Å². The van der Waals surface area contributed by atoms with E-state index in [0.717, 1.165) is 49.1 Å². The quantitative estimate of drug-likeness (QED) is 0.549. The molecule has 0 unspecified atom stereocenters. The summed E-state index contributed by atoms with van der Waals surface area (Å²) in [6.07, 6.45) is 2.94. The number of alkyl halides is 1. The van der Waals surface area contributed by atoms with Crippen molar-refractivity contribution >= 4 is 22.7 Å². The summed E-state index contributed by atoms with van der Waals surface area (Å²) in [6.45, 7) is 9.93. The molecule has 2 heterocycles. The van der Waals surface area contributed by atoms with Crippen molar-refractivity contribution in [1.29, 1.82) is 0 Å². The molecular weight excluding hydrogens is 411 g/mol. The molecule has 0 bridgehead atoms. The van der Waals surface area contributed by atoms with Crippen molar-refractivity contribution < 1.29 is 14.2 Å². The van der Waals surface area contributed by atoms with Gasteiger partial charge in [-0.05, 0) is 67.5 Å². The van der Waals surface area contributed by atoms with Gasteiger partial charge in [-0.15, -0.1) is 0 Å². The predicted octanol–water partition coefficient (Wildman–Crippen LogP) is 5.50. The molecular formula is C25H37FN2O2S. The second kappa shape index (κ2) is 11.0. The lowest BCUT2D eigenvalue weighted by Gasteiger charge is -2.38. The van der Waals surface area contributed by atoms with Crippen LogP contribution in [0.15, 0.2) is 30.5 Å². The molecule has 1 aromatic carbocycles. The lowest BCUT2D eigenvalue weighted by Crippen LogP contribution is -2.43. The topological polar surface area (TPSA) is 45.6 Å². The zero-order valence-electron chi connectivity index (χ0n) is 19.3. The predicted molar refractivity (Wildman–Crippen MR) is 129 cm³/mol. The maximum Gasteiger partial charge on any atom is 0.126 e. The molecule has 1 aliphatic rings. The normalized spacial score (nSPS) is 21.4. The standard InChI is InChI=1S/C25H37FN2O2S/c1-25(2,3)31-14-13-28-12-10-18(19(16-28)17-29)5-7-23(26)21-9-11-27-24-8-6-20(30-4)15-22(21)24/h6,8-9,11,15,18-19,23,29H,5,7,10,12-14,16-17H2,1-4H3/t18-,19-,23+/m1/s1. The molecule has 0 spiro atoms. The number of aliphatic hydroxyl groups is 1. The molecule has 3 rings (SSSR count). The van der Waals surface area contributed by atoms with Crippen molar-refractivity contribution in [1.82, 2.24) is 9.88 Å². The highest BCUT2D eigenvalue weighted by atomic mass is 32.2. The Morgan fingerprint density at radius 1 is 1.29 bits per heavy atom. The first-order chi connectivity index (χ1) is 14.8. The number of hydrogen-bond acceptors (Lipinski definition) is 5. The number of pyridine rings is 1. The molecule has 172 valence electrons. The van der Waals surface area contributed by atoms with Crippen molar-refractivity contribution in [3.63, 3.8) is 0 Å². The third-order valence-corrected chi connectivity index (χ3v) is 7.52. The van der Waals surface area contributed by atoms with Gasteiger partial charge in [0.15, 0.2) is 0 Å². The highest BCUT2D eigenvalue weighted by Crippen LogP contribution is 2.35. The summed E-state index contributed by atoms with van der Waals surface area (Å²) >= 11 is 1.98. The van der Waals surface area contributed by atoms with Crippen molar-refractivity contribution in [3.8, 4) is 5.75 Å². The Kier molecular flexibility index (Phi) is 8.59. The van der Waals surface area contributed by atoms with Crippen LogP contribution in [-0.4, -0.2) is 58.8 Å². The monoisotopic (exact) mass is 448 g/mol. The maximum absolute atomic E-state index is 15.3. The number of ether oxygens (including phenoxy) is 1. The number of fused-ring (bicyclic) bond motifs is 1. The number of aromatic nitrogens is 1. The van der Waals surface area contributed by atoms with Crippen LogP contribution in [0, 0.1) is 11.8 Å². The van der Waals surface area contributed by atoms with Crippen molar-refractivity contribution in [2.24, 2.45) is 11.8 Å². The van der Waals surface area contributed by atoms with Gasteiger partial charge in [-0.25, -0.2) is 4.39 Å². The Balaban J connectivity index is 1.57. The van der Waals surface area contributed by atoms with E-state index in [-0.39, 0.29) is 17.3 Å². The molecule has 0 saturated carbocycles. The van der Waals surface area contributed by atoms with Crippen molar-refractivity contribution in [2.75, 3.05) is 39.1 Å². The summed E-state index contributed by atoms with van der Waals surface area (Å²) in [5, 5.41) is 10.8. The Morgan fingerprint density at radius 3 is 2.81 bits per heavy atom. The number of likely N-dealkylation sites (tertiary alicyclic amines) is 1. The van der Waals surface area contributed by atoms with Crippen LogP contribution in [0.5, 0.6) is 5.75 Å². The molecule has 0 radical (unpaired) electrons. The summed E-state index contributed by atoms with van der Waals surface area (Å²) in [6, 6.07) is 7.38. The number of rotatable bonds is 9. The van der Waals surface area contributed by atoms with Gasteiger partial charge in [-0.3, -0.25) is 4.98 Å². The number of thioether (sulfide) groups is 1. The first-order valence-corrected chi connectivity index (χ1v) is 12.3. The van der Waals surface area contributed by atoms with Gasteiger partial charge in [0.05, 0.1) is 12.6 Å². The highest BCUT2D eigenvalue weighted by molar-refractivity contribution is 8.00. The fourth-order valence-electron chi connectivity index (χ4n) is 4.49. The summed E-state index contributed by atoms with van der Waals surface area (Å²) in [4.78, 5) is 6.82. The minimum absolute atomic E-state index is 0.180. The van der Waals surface area contributed by atoms with Crippen LogP contribution >= 0.6 is 11.8 Å². The van der Waals surface area contributed by atoms with Gasteiger partial charge in [0.1, 0.15) is 11.9 Å².